The van der Waals surface area contributed by atoms with E-state index in [4.69, 9.17) is 14.2 Å². The molecule has 0 atom stereocenters. The lowest BCUT2D eigenvalue weighted by Crippen LogP contribution is -2.28. The maximum absolute atomic E-state index is 12.4. The van der Waals surface area contributed by atoms with Crippen molar-refractivity contribution in [2.45, 2.75) is 18.7 Å². The van der Waals surface area contributed by atoms with Crippen molar-refractivity contribution in [3.05, 3.63) is 42.5 Å². The number of thioether (sulfide) groups is 1. The SMILES string of the molecule is CCN(CC)CCOc1ccccc1NC(=O)CSc1ccc2c(c1)OCCO2. The van der Waals surface area contributed by atoms with Gasteiger partial charge in [0.2, 0.25) is 5.91 Å². The first-order valence-corrected chi connectivity index (χ1v) is 10.9. The van der Waals surface area contributed by atoms with Gasteiger partial charge in [0, 0.05) is 11.4 Å². The van der Waals surface area contributed by atoms with Crippen LogP contribution in [-0.2, 0) is 4.79 Å². The molecule has 29 heavy (non-hydrogen) atoms. The van der Waals surface area contributed by atoms with E-state index in [1.165, 1.54) is 11.8 Å². The number of hydrogen-bond acceptors (Lipinski definition) is 6. The zero-order valence-corrected chi connectivity index (χ0v) is 17.8. The van der Waals surface area contributed by atoms with E-state index in [2.05, 4.69) is 24.1 Å². The number of carbonyl (C=O) groups excluding carboxylic acids is 1. The van der Waals surface area contributed by atoms with Crippen molar-refractivity contribution < 1.29 is 19.0 Å². The maximum atomic E-state index is 12.4. The minimum absolute atomic E-state index is 0.0790. The van der Waals surface area contributed by atoms with Crippen LogP contribution >= 0.6 is 11.8 Å². The van der Waals surface area contributed by atoms with E-state index in [1.54, 1.807) is 0 Å². The molecule has 0 aliphatic carbocycles. The number of benzene rings is 2. The highest BCUT2D eigenvalue weighted by Gasteiger charge is 2.13. The van der Waals surface area contributed by atoms with Gasteiger partial charge < -0.3 is 24.4 Å². The van der Waals surface area contributed by atoms with E-state index in [0.717, 1.165) is 36.0 Å². The number of amides is 1. The largest absolute Gasteiger partial charge is 0.490 e. The van der Waals surface area contributed by atoms with Crippen LogP contribution in [-0.4, -0.2) is 56.0 Å². The third kappa shape index (κ3) is 6.30. The Kier molecular flexibility index (Phi) is 8.07. The Hall–Kier alpha value is -2.38. The molecule has 0 aromatic heterocycles. The van der Waals surface area contributed by atoms with Crippen LogP contribution < -0.4 is 19.5 Å². The van der Waals surface area contributed by atoms with Crippen molar-refractivity contribution in [3.8, 4) is 17.2 Å². The second-order valence-electron chi connectivity index (χ2n) is 6.51. The molecule has 2 aromatic carbocycles. The fourth-order valence-electron chi connectivity index (χ4n) is 2.97. The molecule has 1 N–H and O–H groups in total. The zero-order chi connectivity index (χ0) is 20.5. The molecule has 3 rings (SSSR count). The Balaban J connectivity index is 1.51. The molecule has 0 fully saturated rings. The van der Waals surface area contributed by atoms with Gasteiger partial charge in [-0.05, 0) is 43.4 Å². The third-order valence-electron chi connectivity index (χ3n) is 4.60. The second kappa shape index (κ2) is 11.0. The van der Waals surface area contributed by atoms with Crippen LogP contribution in [0.3, 0.4) is 0 Å². The molecule has 0 saturated heterocycles. The number of para-hydroxylation sites is 2. The Morgan fingerprint density at radius 2 is 1.86 bits per heavy atom. The number of fused-ring (bicyclic) bond motifs is 1. The average molecular weight is 417 g/mol. The fraction of sp³-hybridized carbons (Fsp3) is 0.409. The van der Waals surface area contributed by atoms with E-state index in [0.29, 0.717) is 37.0 Å². The number of rotatable bonds is 10. The van der Waals surface area contributed by atoms with E-state index in [-0.39, 0.29) is 5.91 Å². The lowest BCUT2D eigenvalue weighted by molar-refractivity contribution is -0.113. The van der Waals surface area contributed by atoms with Gasteiger partial charge in [0.25, 0.3) is 0 Å². The molecule has 6 nitrogen and oxygen atoms in total. The molecule has 156 valence electrons. The van der Waals surface area contributed by atoms with Crippen molar-refractivity contribution in [3.63, 3.8) is 0 Å². The summed E-state index contributed by atoms with van der Waals surface area (Å²) >= 11 is 1.46. The van der Waals surface area contributed by atoms with Gasteiger partial charge in [-0.1, -0.05) is 26.0 Å². The quantitative estimate of drug-likeness (QED) is 0.593. The molecule has 0 saturated carbocycles. The molecule has 1 aliphatic heterocycles. The van der Waals surface area contributed by atoms with E-state index >= 15 is 0 Å². The minimum atomic E-state index is -0.0790. The molecule has 1 aliphatic rings. The number of nitrogens with zero attached hydrogens (tertiary/aromatic N) is 1. The Morgan fingerprint density at radius 1 is 1.10 bits per heavy atom. The first-order valence-electron chi connectivity index (χ1n) is 9.96. The Labute approximate surface area is 176 Å². The van der Waals surface area contributed by atoms with E-state index in [9.17, 15) is 4.79 Å². The third-order valence-corrected chi connectivity index (χ3v) is 5.60. The summed E-state index contributed by atoms with van der Waals surface area (Å²) < 4.78 is 17.0. The van der Waals surface area contributed by atoms with Crippen LogP contribution in [0.25, 0.3) is 0 Å². The highest BCUT2D eigenvalue weighted by Crippen LogP contribution is 2.34. The van der Waals surface area contributed by atoms with Crippen LogP contribution in [0.15, 0.2) is 47.4 Å². The van der Waals surface area contributed by atoms with Crippen molar-refractivity contribution in [1.29, 1.82) is 0 Å². The van der Waals surface area contributed by atoms with Crippen molar-refractivity contribution in [2.24, 2.45) is 0 Å². The molecule has 7 heteroatoms. The lowest BCUT2D eigenvalue weighted by atomic mass is 10.3. The summed E-state index contributed by atoms with van der Waals surface area (Å²) in [6.07, 6.45) is 0. The van der Waals surface area contributed by atoms with Gasteiger partial charge in [0.05, 0.1) is 11.4 Å². The summed E-state index contributed by atoms with van der Waals surface area (Å²) in [6, 6.07) is 13.3. The summed E-state index contributed by atoms with van der Waals surface area (Å²) in [7, 11) is 0. The van der Waals surface area contributed by atoms with Crippen LogP contribution in [0.1, 0.15) is 13.8 Å². The first-order chi connectivity index (χ1) is 14.2. The molecule has 0 radical (unpaired) electrons. The van der Waals surface area contributed by atoms with Gasteiger partial charge in [-0.2, -0.15) is 0 Å². The Morgan fingerprint density at radius 3 is 2.66 bits per heavy atom. The molecule has 0 bridgehead atoms. The first kappa shape index (κ1) is 21.3. The average Bonchev–Trinajstić information content (AvgIpc) is 2.76. The van der Waals surface area contributed by atoms with Gasteiger partial charge >= 0.3 is 0 Å². The van der Waals surface area contributed by atoms with E-state index in [1.807, 2.05) is 42.5 Å². The predicted molar refractivity (Wildman–Crippen MR) is 117 cm³/mol. The topological polar surface area (TPSA) is 60.0 Å². The van der Waals surface area contributed by atoms with Crippen LogP contribution in [0.4, 0.5) is 5.69 Å². The minimum Gasteiger partial charge on any atom is -0.490 e. The number of likely N-dealkylation sites (N-methyl/N-ethyl adjacent to an activating group) is 1. The number of nitrogens with one attached hydrogen (secondary N) is 1. The molecule has 0 unspecified atom stereocenters. The van der Waals surface area contributed by atoms with Crippen molar-refractivity contribution in [1.82, 2.24) is 4.90 Å². The van der Waals surface area contributed by atoms with Crippen molar-refractivity contribution >= 4 is 23.4 Å². The molecule has 0 spiro atoms. The molecular formula is C22H28N2O4S. The summed E-state index contributed by atoms with van der Waals surface area (Å²) in [4.78, 5) is 15.7. The van der Waals surface area contributed by atoms with Gasteiger partial charge in [-0.3, -0.25) is 4.79 Å². The normalized spacial score (nSPS) is 12.7. The maximum Gasteiger partial charge on any atom is 0.234 e. The van der Waals surface area contributed by atoms with Crippen LogP contribution in [0.2, 0.25) is 0 Å². The van der Waals surface area contributed by atoms with Crippen LogP contribution in [0, 0.1) is 0 Å². The highest BCUT2D eigenvalue weighted by atomic mass is 32.2. The van der Waals surface area contributed by atoms with Gasteiger partial charge in [0.15, 0.2) is 11.5 Å². The molecular weight excluding hydrogens is 388 g/mol. The number of ether oxygens (including phenoxy) is 3. The predicted octanol–water partition coefficient (Wildman–Crippen LogP) is 3.91. The number of carbonyl (C=O) groups is 1. The summed E-state index contributed by atoms with van der Waals surface area (Å²) in [5, 5.41) is 2.95. The lowest BCUT2D eigenvalue weighted by Gasteiger charge is -2.19. The number of anilines is 1. The van der Waals surface area contributed by atoms with Crippen LogP contribution in [0.5, 0.6) is 17.2 Å². The van der Waals surface area contributed by atoms with Gasteiger partial charge in [-0.15, -0.1) is 11.8 Å². The zero-order valence-electron chi connectivity index (χ0n) is 17.0. The fourth-order valence-corrected chi connectivity index (χ4v) is 3.69. The standard InChI is InChI=1S/C22H28N2O4S/c1-3-24(4-2)11-12-26-19-8-6-5-7-18(19)23-22(25)16-29-17-9-10-20-21(15-17)28-14-13-27-20/h5-10,15H,3-4,11-14,16H2,1-2H3,(H,23,25). The number of hydrogen-bond donors (Lipinski definition) is 1. The Bertz CT molecular complexity index is 811. The second-order valence-corrected chi connectivity index (χ2v) is 7.56. The monoisotopic (exact) mass is 416 g/mol. The molecule has 1 amide bonds. The van der Waals surface area contributed by atoms with Gasteiger partial charge in [0.1, 0.15) is 25.6 Å². The smallest absolute Gasteiger partial charge is 0.234 e. The van der Waals surface area contributed by atoms with Crippen molar-refractivity contribution in [2.75, 3.05) is 50.5 Å². The van der Waals surface area contributed by atoms with Gasteiger partial charge in [-0.25, -0.2) is 0 Å². The summed E-state index contributed by atoms with van der Waals surface area (Å²) in [6.45, 7) is 8.82. The molecule has 1 heterocycles. The van der Waals surface area contributed by atoms with E-state index < -0.39 is 0 Å². The summed E-state index contributed by atoms with van der Waals surface area (Å²) in [5.41, 5.74) is 0.694. The highest BCUT2D eigenvalue weighted by molar-refractivity contribution is 8.00. The summed E-state index contributed by atoms with van der Waals surface area (Å²) in [5.74, 6) is 2.39. The molecule has 2 aromatic rings.